The normalized spacial score (nSPS) is 11.2. The quantitative estimate of drug-likeness (QED) is 0.547. The second-order valence-electron chi connectivity index (χ2n) is 4.96. The first kappa shape index (κ1) is 14.1. The Morgan fingerprint density at radius 1 is 1.17 bits per heavy atom. The van der Waals surface area contributed by atoms with Crippen molar-refractivity contribution in [2.45, 2.75) is 0 Å². The summed E-state index contributed by atoms with van der Waals surface area (Å²) in [5, 5.41) is 1.50. The molecule has 112 valence electrons. The predicted molar refractivity (Wildman–Crippen MR) is 95.6 cm³/mol. The molecule has 0 fully saturated rings. The van der Waals surface area contributed by atoms with Crippen LogP contribution in [0.2, 0.25) is 5.02 Å². The predicted octanol–water partition coefficient (Wildman–Crippen LogP) is 4.29. The molecule has 0 aliphatic heterocycles. The molecule has 0 amide bonds. The van der Waals surface area contributed by atoms with Crippen molar-refractivity contribution >= 4 is 49.4 Å². The third-order valence-corrected chi connectivity index (χ3v) is 4.97. The van der Waals surface area contributed by atoms with Crippen LogP contribution in [0.1, 0.15) is 5.56 Å². The second kappa shape index (κ2) is 5.30. The first-order valence-electron chi connectivity index (χ1n) is 6.86. The van der Waals surface area contributed by atoms with E-state index in [2.05, 4.69) is 16.5 Å². The van der Waals surface area contributed by atoms with E-state index in [1.54, 1.807) is 42.9 Å². The van der Waals surface area contributed by atoms with Gasteiger partial charge in [-0.25, -0.2) is 9.97 Å². The number of rotatable bonds is 2. The molecule has 0 aliphatic carbocycles. The van der Waals surface area contributed by atoms with Crippen LogP contribution in [0, 0.1) is 0 Å². The van der Waals surface area contributed by atoms with Gasteiger partial charge in [0.05, 0.1) is 11.2 Å². The van der Waals surface area contributed by atoms with Crippen molar-refractivity contribution in [2.24, 2.45) is 0 Å². The molecule has 3 heterocycles. The number of nitrogens with zero attached hydrogens (tertiary/aromatic N) is 3. The van der Waals surface area contributed by atoms with E-state index < -0.39 is 0 Å². The summed E-state index contributed by atoms with van der Waals surface area (Å²) in [5.41, 5.74) is 2.21. The van der Waals surface area contributed by atoms with Crippen molar-refractivity contribution in [3.63, 3.8) is 0 Å². The summed E-state index contributed by atoms with van der Waals surface area (Å²) in [6, 6.07) is 8.94. The fourth-order valence-corrected chi connectivity index (χ4v) is 3.72. The molecule has 0 aliphatic rings. The Balaban J connectivity index is 2.06. The first-order chi connectivity index (χ1) is 11.2. The van der Waals surface area contributed by atoms with E-state index >= 15 is 0 Å². The summed E-state index contributed by atoms with van der Waals surface area (Å²) in [6.45, 7) is 3.82. The maximum absolute atomic E-state index is 12.8. The zero-order valence-corrected chi connectivity index (χ0v) is 13.4. The third-order valence-electron chi connectivity index (χ3n) is 3.64. The Labute approximate surface area is 140 Å². The molecule has 4 rings (SSSR count). The monoisotopic (exact) mass is 339 g/mol. The van der Waals surface area contributed by atoms with Crippen molar-refractivity contribution in [3.05, 3.63) is 70.4 Å². The minimum atomic E-state index is -0.115. The van der Waals surface area contributed by atoms with Gasteiger partial charge in [0.25, 0.3) is 5.56 Å². The average molecular weight is 340 g/mol. The van der Waals surface area contributed by atoms with Gasteiger partial charge in [0, 0.05) is 16.6 Å². The summed E-state index contributed by atoms with van der Waals surface area (Å²) in [7, 11) is 0. The van der Waals surface area contributed by atoms with Crippen LogP contribution >= 0.6 is 22.9 Å². The minimum absolute atomic E-state index is 0.115. The summed E-state index contributed by atoms with van der Waals surface area (Å²) in [6.07, 6.45) is 5.01. The van der Waals surface area contributed by atoms with E-state index in [4.69, 9.17) is 11.6 Å². The lowest BCUT2D eigenvalue weighted by molar-refractivity contribution is 0.968. The highest BCUT2D eigenvalue weighted by Gasteiger charge is 2.15. The second-order valence-corrected chi connectivity index (χ2v) is 6.40. The van der Waals surface area contributed by atoms with Gasteiger partial charge in [0.15, 0.2) is 0 Å². The number of benzene rings is 1. The lowest BCUT2D eigenvalue weighted by Gasteiger charge is -2.05. The van der Waals surface area contributed by atoms with Gasteiger partial charge in [-0.2, -0.15) is 0 Å². The smallest absolute Gasteiger partial charge is 0.267 e. The summed E-state index contributed by atoms with van der Waals surface area (Å²) >= 11 is 7.25. The van der Waals surface area contributed by atoms with Crippen LogP contribution in [0.25, 0.3) is 32.2 Å². The fourth-order valence-electron chi connectivity index (χ4n) is 2.53. The number of aromatic nitrogens is 3. The van der Waals surface area contributed by atoms with Crippen LogP contribution in [0.3, 0.4) is 0 Å². The van der Waals surface area contributed by atoms with Crippen molar-refractivity contribution < 1.29 is 0 Å². The highest BCUT2D eigenvalue weighted by Crippen LogP contribution is 2.31. The van der Waals surface area contributed by atoms with Crippen molar-refractivity contribution in [2.75, 3.05) is 0 Å². The van der Waals surface area contributed by atoms with Crippen molar-refractivity contribution in [3.8, 4) is 5.69 Å². The highest BCUT2D eigenvalue weighted by atomic mass is 35.5. The molecule has 0 saturated carbocycles. The van der Waals surface area contributed by atoms with E-state index in [0.717, 1.165) is 21.5 Å². The van der Waals surface area contributed by atoms with Crippen LogP contribution in [-0.4, -0.2) is 14.5 Å². The number of hydrogen-bond donors (Lipinski definition) is 0. The van der Waals surface area contributed by atoms with E-state index in [9.17, 15) is 4.79 Å². The third kappa shape index (κ3) is 2.17. The molecule has 6 heteroatoms. The van der Waals surface area contributed by atoms with Crippen LogP contribution in [-0.2, 0) is 0 Å². The van der Waals surface area contributed by atoms with Gasteiger partial charge >= 0.3 is 0 Å². The zero-order chi connectivity index (χ0) is 16.0. The average Bonchev–Trinajstić information content (AvgIpc) is 2.96. The van der Waals surface area contributed by atoms with E-state index in [0.29, 0.717) is 15.2 Å². The molecule has 4 aromatic rings. The fraction of sp³-hybridized carbons (Fsp3) is 0. The van der Waals surface area contributed by atoms with Crippen LogP contribution < -0.4 is 5.56 Å². The van der Waals surface area contributed by atoms with Crippen LogP contribution in [0.5, 0.6) is 0 Å². The molecular weight excluding hydrogens is 330 g/mol. The summed E-state index contributed by atoms with van der Waals surface area (Å²) in [4.78, 5) is 22.5. The molecule has 1 aromatic carbocycles. The minimum Gasteiger partial charge on any atom is -0.267 e. The van der Waals surface area contributed by atoms with Crippen LogP contribution in [0.4, 0.5) is 0 Å². The number of hydrogen-bond acceptors (Lipinski definition) is 4. The maximum atomic E-state index is 12.8. The summed E-state index contributed by atoms with van der Waals surface area (Å²) in [5.74, 6) is 0. The topological polar surface area (TPSA) is 47.8 Å². The number of thiophene rings is 1. The van der Waals surface area contributed by atoms with Crippen molar-refractivity contribution in [1.29, 1.82) is 0 Å². The van der Waals surface area contributed by atoms with Gasteiger partial charge < -0.3 is 0 Å². The molecule has 3 aromatic heterocycles. The Morgan fingerprint density at radius 2 is 1.96 bits per heavy atom. The molecule has 0 N–H and O–H groups in total. The van der Waals surface area contributed by atoms with Gasteiger partial charge in [0.1, 0.15) is 15.9 Å². The van der Waals surface area contributed by atoms with E-state index in [-0.39, 0.29) is 5.56 Å². The Kier molecular flexibility index (Phi) is 3.25. The summed E-state index contributed by atoms with van der Waals surface area (Å²) < 4.78 is 2.10. The van der Waals surface area contributed by atoms with E-state index in [1.807, 2.05) is 6.07 Å². The molecule has 0 radical (unpaired) electrons. The number of fused-ring (bicyclic) bond motifs is 3. The molecule has 0 saturated heterocycles. The Morgan fingerprint density at radius 3 is 2.70 bits per heavy atom. The zero-order valence-electron chi connectivity index (χ0n) is 11.9. The van der Waals surface area contributed by atoms with Gasteiger partial charge in [-0.1, -0.05) is 24.3 Å². The lowest BCUT2D eigenvalue weighted by atomic mass is 10.1. The molecular formula is C17H10ClN3OS. The molecule has 0 spiro atoms. The van der Waals surface area contributed by atoms with Crippen LogP contribution in [0.15, 0.2) is 54.2 Å². The lowest BCUT2D eigenvalue weighted by Crippen LogP contribution is -2.17. The molecule has 23 heavy (non-hydrogen) atoms. The number of pyridine rings is 1. The molecule has 0 bridgehead atoms. The maximum Gasteiger partial charge on any atom is 0.275 e. The Hall–Kier alpha value is -2.50. The largest absolute Gasteiger partial charge is 0.275 e. The van der Waals surface area contributed by atoms with Crippen molar-refractivity contribution in [1.82, 2.24) is 14.5 Å². The standard InChI is InChI=1S/C17H10ClN3OS/c1-2-10-7-8-19-16-13(10)14-15(23-16)17(22)21(9-20-14)12-5-3-11(18)4-6-12/h2-9H,1H2. The van der Waals surface area contributed by atoms with Gasteiger partial charge in [-0.05, 0) is 35.9 Å². The van der Waals surface area contributed by atoms with Gasteiger partial charge in [0.2, 0.25) is 0 Å². The molecule has 0 unspecified atom stereocenters. The Bertz CT molecular complexity index is 1110. The molecule has 4 nitrogen and oxygen atoms in total. The highest BCUT2D eigenvalue weighted by molar-refractivity contribution is 7.25. The van der Waals surface area contributed by atoms with E-state index in [1.165, 1.54) is 15.9 Å². The number of halogens is 1. The first-order valence-corrected chi connectivity index (χ1v) is 8.06. The molecule has 0 atom stereocenters. The van der Waals surface area contributed by atoms with Gasteiger partial charge in [-0.15, -0.1) is 11.3 Å². The van der Waals surface area contributed by atoms with Gasteiger partial charge in [-0.3, -0.25) is 9.36 Å². The SMILES string of the molecule is C=Cc1ccnc2sc3c(=O)n(-c4ccc(Cl)cc4)cnc3c12.